The molecule has 0 amide bonds. The minimum atomic E-state index is 0.275. The molecule has 0 radical (unpaired) electrons. The smallest absolute Gasteiger partial charge is 0.220 e. The summed E-state index contributed by atoms with van der Waals surface area (Å²) in [6, 6.07) is 15.7. The molecule has 1 heterocycles. The highest BCUT2D eigenvalue weighted by atomic mass is 16.5. The average Bonchev–Trinajstić information content (AvgIpc) is 2.39. The van der Waals surface area contributed by atoms with Crippen LogP contribution >= 0.6 is 0 Å². The summed E-state index contributed by atoms with van der Waals surface area (Å²) >= 11 is 0. The van der Waals surface area contributed by atoms with E-state index in [9.17, 15) is 0 Å². The summed E-state index contributed by atoms with van der Waals surface area (Å²) in [6.45, 7) is 0. The molecule has 1 aromatic heterocycles. The van der Waals surface area contributed by atoms with Crippen LogP contribution in [0.25, 0.3) is 0 Å². The van der Waals surface area contributed by atoms with E-state index in [1.807, 2.05) is 12.1 Å². The third kappa shape index (κ3) is 2.39. The topological polar surface area (TPSA) is 69.7 Å². The maximum Gasteiger partial charge on any atom is 0.220 e. The van der Waals surface area contributed by atoms with E-state index >= 15 is 0 Å². The summed E-state index contributed by atoms with van der Waals surface area (Å²) < 4.78 is 5.46. The molecule has 0 aliphatic heterocycles. The normalized spacial score (nSPS) is 9.06. The average molecular weight is 221 g/mol. The van der Waals surface area contributed by atoms with Crippen LogP contribution in [0.2, 0.25) is 0 Å². The van der Waals surface area contributed by atoms with Crippen molar-refractivity contribution in [2.45, 2.75) is 0 Å². The van der Waals surface area contributed by atoms with Crippen LogP contribution in [-0.4, -0.2) is 4.98 Å². The predicted molar refractivity (Wildman–Crippen MR) is 60.2 cm³/mol. The standard InChI is InChI=1S/C13H7N3O/c14-8-10-4-1-2-6-12(10)17-13-7-3-5-11(9-15)16-13/h1-7H. The molecule has 0 unspecified atom stereocenters. The van der Waals surface area contributed by atoms with Gasteiger partial charge in [0.15, 0.2) is 0 Å². The van der Waals surface area contributed by atoms with Crippen molar-refractivity contribution in [1.82, 2.24) is 4.98 Å². The van der Waals surface area contributed by atoms with E-state index in [0.29, 0.717) is 17.2 Å². The SMILES string of the molecule is N#Cc1cccc(Oc2ccccc2C#N)n1. The van der Waals surface area contributed by atoms with Gasteiger partial charge in [-0.25, -0.2) is 4.98 Å². The summed E-state index contributed by atoms with van der Waals surface area (Å²) in [7, 11) is 0. The molecule has 0 N–H and O–H groups in total. The Morgan fingerprint density at radius 3 is 2.53 bits per heavy atom. The first-order valence-corrected chi connectivity index (χ1v) is 4.87. The second kappa shape index (κ2) is 4.78. The van der Waals surface area contributed by atoms with Gasteiger partial charge >= 0.3 is 0 Å². The number of para-hydroxylation sites is 1. The number of nitrogens with zero attached hydrogens (tertiary/aromatic N) is 3. The molecule has 0 fully saturated rings. The van der Waals surface area contributed by atoms with Crippen LogP contribution in [0, 0.1) is 22.7 Å². The van der Waals surface area contributed by atoms with E-state index in [1.165, 1.54) is 0 Å². The van der Waals surface area contributed by atoms with Crippen molar-refractivity contribution in [2.75, 3.05) is 0 Å². The zero-order valence-corrected chi connectivity index (χ0v) is 8.79. The number of pyridine rings is 1. The lowest BCUT2D eigenvalue weighted by Gasteiger charge is -2.05. The highest BCUT2D eigenvalue weighted by Gasteiger charge is 2.04. The number of nitriles is 2. The van der Waals surface area contributed by atoms with Crippen molar-refractivity contribution in [3.05, 3.63) is 53.7 Å². The maximum absolute atomic E-state index is 8.89. The zero-order chi connectivity index (χ0) is 12.1. The van der Waals surface area contributed by atoms with Crippen LogP contribution in [0.5, 0.6) is 11.6 Å². The van der Waals surface area contributed by atoms with Crippen molar-refractivity contribution >= 4 is 0 Å². The molecule has 4 heteroatoms. The van der Waals surface area contributed by atoms with Gasteiger partial charge in [0.25, 0.3) is 0 Å². The van der Waals surface area contributed by atoms with Crippen LogP contribution < -0.4 is 4.74 Å². The molecule has 4 nitrogen and oxygen atoms in total. The Bertz CT molecular complexity index is 623. The molecule has 0 saturated heterocycles. The van der Waals surface area contributed by atoms with Gasteiger partial charge in [-0.3, -0.25) is 0 Å². The first-order chi connectivity index (χ1) is 8.33. The fraction of sp³-hybridized carbons (Fsp3) is 0. The largest absolute Gasteiger partial charge is 0.438 e. The van der Waals surface area contributed by atoms with Crippen LogP contribution in [0.4, 0.5) is 0 Å². The third-order valence-electron chi connectivity index (χ3n) is 2.06. The Morgan fingerprint density at radius 1 is 0.941 bits per heavy atom. The van der Waals surface area contributed by atoms with E-state index in [0.717, 1.165) is 0 Å². The van der Waals surface area contributed by atoms with E-state index < -0.39 is 0 Å². The van der Waals surface area contributed by atoms with Crippen LogP contribution in [0.3, 0.4) is 0 Å². The van der Waals surface area contributed by atoms with Crippen molar-refractivity contribution in [2.24, 2.45) is 0 Å². The fourth-order valence-electron chi connectivity index (χ4n) is 1.29. The second-order valence-electron chi connectivity index (χ2n) is 3.18. The summed E-state index contributed by atoms with van der Waals surface area (Å²) in [5.74, 6) is 0.726. The second-order valence-corrected chi connectivity index (χ2v) is 3.18. The van der Waals surface area contributed by atoms with Crippen LogP contribution in [0.1, 0.15) is 11.3 Å². The van der Waals surface area contributed by atoms with Gasteiger partial charge in [0.05, 0.1) is 5.56 Å². The van der Waals surface area contributed by atoms with Crippen molar-refractivity contribution in [3.8, 4) is 23.8 Å². The molecule has 0 bridgehead atoms. The minimum absolute atomic E-state index is 0.275. The molecule has 2 aromatic rings. The van der Waals surface area contributed by atoms with Crippen molar-refractivity contribution in [3.63, 3.8) is 0 Å². The van der Waals surface area contributed by atoms with Gasteiger partial charge in [-0.1, -0.05) is 18.2 Å². The first-order valence-electron chi connectivity index (χ1n) is 4.87. The molecule has 80 valence electrons. The predicted octanol–water partition coefficient (Wildman–Crippen LogP) is 2.62. The number of hydrogen-bond acceptors (Lipinski definition) is 4. The Morgan fingerprint density at radius 2 is 1.76 bits per heavy atom. The first kappa shape index (κ1) is 10.7. The molecular weight excluding hydrogens is 214 g/mol. The molecule has 0 atom stereocenters. The van der Waals surface area contributed by atoms with Gasteiger partial charge in [-0.05, 0) is 18.2 Å². The molecule has 17 heavy (non-hydrogen) atoms. The van der Waals surface area contributed by atoms with Crippen molar-refractivity contribution in [1.29, 1.82) is 10.5 Å². The Balaban J connectivity index is 2.32. The summed E-state index contributed by atoms with van der Waals surface area (Å²) in [5, 5.41) is 17.6. The molecule has 0 aliphatic rings. The van der Waals surface area contributed by atoms with E-state index in [4.69, 9.17) is 15.3 Å². The van der Waals surface area contributed by atoms with Gasteiger partial charge in [0, 0.05) is 6.07 Å². The van der Waals surface area contributed by atoms with Gasteiger partial charge in [0.2, 0.25) is 5.88 Å². The van der Waals surface area contributed by atoms with Crippen LogP contribution in [0.15, 0.2) is 42.5 Å². The van der Waals surface area contributed by atoms with E-state index in [-0.39, 0.29) is 5.69 Å². The van der Waals surface area contributed by atoms with Gasteiger partial charge in [-0.15, -0.1) is 0 Å². The maximum atomic E-state index is 8.89. The lowest BCUT2D eigenvalue weighted by atomic mass is 10.2. The van der Waals surface area contributed by atoms with Gasteiger partial charge in [-0.2, -0.15) is 10.5 Å². The highest BCUT2D eigenvalue weighted by molar-refractivity contribution is 5.44. The molecule has 2 rings (SSSR count). The van der Waals surface area contributed by atoms with Gasteiger partial charge < -0.3 is 4.74 Å². The number of ether oxygens (including phenoxy) is 1. The summed E-state index contributed by atoms with van der Waals surface area (Å²) in [6.07, 6.45) is 0. The highest BCUT2D eigenvalue weighted by Crippen LogP contribution is 2.23. The van der Waals surface area contributed by atoms with Gasteiger partial charge in [0.1, 0.15) is 23.6 Å². The molecule has 0 saturated carbocycles. The van der Waals surface area contributed by atoms with E-state index in [1.54, 1.807) is 42.5 Å². The molecule has 1 aromatic carbocycles. The zero-order valence-electron chi connectivity index (χ0n) is 8.79. The number of aromatic nitrogens is 1. The Kier molecular flexibility index (Phi) is 3.00. The number of rotatable bonds is 2. The fourth-order valence-corrected chi connectivity index (χ4v) is 1.29. The third-order valence-corrected chi connectivity index (χ3v) is 2.06. The Hall–Kier alpha value is -2.85. The molecular formula is C13H7N3O. The number of hydrogen-bond donors (Lipinski definition) is 0. The summed E-state index contributed by atoms with van der Waals surface area (Å²) in [4.78, 5) is 3.97. The minimum Gasteiger partial charge on any atom is -0.438 e. The lowest BCUT2D eigenvalue weighted by molar-refractivity contribution is 0.461. The summed E-state index contributed by atoms with van der Waals surface area (Å²) in [5.41, 5.74) is 0.702. The van der Waals surface area contributed by atoms with Crippen molar-refractivity contribution < 1.29 is 4.74 Å². The quantitative estimate of drug-likeness (QED) is 0.781. The van der Waals surface area contributed by atoms with E-state index in [2.05, 4.69) is 4.98 Å². The van der Waals surface area contributed by atoms with Crippen LogP contribution in [-0.2, 0) is 0 Å². The molecule has 0 aliphatic carbocycles. The molecule has 0 spiro atoms. The Labute approximate surface area is 98.3 Å². The number of benzene rings is 1. The lowest BCUT2D eigenvalue weighted by Crippen LogP contribution is -1.91. The monoisotopic (exact) mass is 221 g/mol.